The summed E-state index contributed by atoms with van der Waals surface area (Å²) < 4.78 is 19.1. The summed E-state index contributed by atoms with van der Waals surface area (Å²) in [5.74, 6) is 0.529. The zero-order chi connectivity index (χ0) is 14.4. The zero-order valence-corrected chi connectivity index (χ0v) is 11.9. The van der Waals surface area contributed by atoms with Gasteiger partial charge in [-0.05, 0) is 44.2 Å². The molecule has 0 heterocycles. The number of nitrogens with one attached hydrogen (secondary N) is 1. The molecule has 0 aromatic heterocycles. The van der Waals surface area contributed by atoms with Crippen LogP contribution in [0.4, 0.5) is 4.39 Å². The first kappa shape index (κ1) is 14.5. The molecular weight excluding hydrogens is 253 g/mol. The number of hydrogen-bond donors (Lipinski definition) is 1. The Morgan fingerprint density at radius 3 is 2.45 bits per heavy atom. The van der Waals surface area contributed by atoms with Crippen molar-refractivity contribution >= 4 is 0 Å². The van der Waals surface area contributed by atoms with Crippen LogP contribution in [-0.4, -0.2) is 13.1 Å². The molecule has 0 radical (unpaired) electrons. The molecule has 0 aliphatic rings. The smallest absolute Gasteiger partial charge is 0.129 e. The standard InChI is InChI=1S/C17H20FNO/c1-13(19-2)11-14-7-9-16(10-8-14)20-12-15-5-3-4-6-17(15)18/h3-10,13,19H,11-12H2,1-2H3. The lowest BCUT2D eigenvalue weighted by molar-refractivity contribution is 0.300. The van der Waals surface area contributed by atoms with E-state index in [9.17, 15) is 4.39 Å². The lowest BCUT2D eigenvalue weighted by Crippen LogP contribution is -2.23. The van der Waals surface area contributed by atoms with Crippen molar-refractivity contribution < 1.29 is 9.13 Å². The number of hydrogen-bond acceptors (Lipinski definition) is 2. The lowest BCUT2D eigenvalue weighted by atomic mass is 10.1. The molecule has 0 aliphatic heterocycles. The van der Waals surface area contributed by atoms with Crippen molar-refractivity contribution in [2.24, 2.45) is 0 Å². The van der Waals surface area contributed by atoms with Gasteiger partial charge in [-0.2, -0.15) is 0 Å². The van der Waals surface area contributed by atoms with Gasteiger partial charge in [0.05, 0.1) is 0 Å². The number of benzene rings is 2. The SMILES string of the molecule is CNC(C)Cc1ccc(OCc2ccccc2F)cc1. The molecule has 0 bridgehead atoms. The van der Waals surface area contributed by atoms with Gasteiger partial charge in [0, 0.05) is 11.6 Å². The highest BCUT2D eigenvalue weighted by molar-refractivity contribution is 5.28. The van der Waals surface area contributed by atoms with Gasteiger partial charge in [0.1, 0.15) is 18.2 Å². The largest absolute Gasteiger partial charge is 0.489 e. The molecule has 1 N–H and O–H groups in total. The quantitative estimate of drug-likeness (QED) is 0.869. The predicted octanol–water partition coefficient (Wildman–Crippen LogP) is 3.56. The molecule has 106 valence electrons. The average Bonchev–Trinajstić information content (AvgIpc) is 2.48. The number of halogens is 1. The maximum Gasteiger partial charge on any atom is 0.129 e. The average molecular weight is 273 g/mol. The molecule has 2 rings (SSSR count). The molecule has 2 nitrogen and oxygen atoms in total. The van der Waals surface area contributed by atoms with E-state index in [1.165, 1.54) is 11.6 Å². The molecule has 0 aliphatic carbocycles. The van der Waals surface area contributed by atoms with E-state index in [4.69, 9.17) is 4.74 Å². The van der Waals surface area contributed by atoms with E-state index < -0.39 is 0 Å². The summed E-state index contributed by atoms with van der Waals surface area (Å²) >= 11 is 0. The first-order valence-corrected chi connectivity index (χ1v) is 6.81. The van der Waals surface area contributed by atoms with Crippen molar-refractivity contribution in [2.45, 2.75) is 26.0 Å². The summed E-state index contributed by atoms with van der Waals surface area (Å²) in [4.78, 5) is 0. The molecule has 0 spiro atoms. The fourth-order valence-corrected chi connectivity index (χ4v) is 1.95. The van der Waals surface area contributed by atoms with Gasteiger partial charge in [0.2, 0.25) is 0 Å². The van der Waals surface area contributed by atoms with Crippen LogP contribution < -0.4 is 10.1 Å². The summed E-state index contributed by atoms with van der Waals surface area (Å²) in [7, 11) is 1.95. The number of likely N-dealkylation sites (N-methyl/N-ethyl adjacent to an activating group) is 1. The monoisotopic (exact) mass is 273 g/mol. The molecule has 20 heavy (non-hydrogen) atoms. The third-order valence-electron chi connectivity index (χ3n) is 3.31. The van der Waals surface area contributed by atoms with Crippen molar-refractivity contribution in [3.8, 4) is 5.75 Å². The highest BCUT2D eigenvalue weighted by Crippen LogP contribution is 2.16. The summed E-state index contributed by atoms with van der Waals surface area (Å²) in [6.45, 7) is 2.39. The van der Waals surface area contributed by atoms with Gasteiger partial charge < -0.3 is 10.1 Å². The van der Waals surface area contributed by atoms with E-state index >= 15 is 0 Å². The minimum absolute atomic E-state index is 0.230. The third-order valence-corrected chi connectivity index (χ3v) is 3.31. The molecule has 1 atom stereocenters. The van der Waals surface area contributed by atoms with Gasteiger partial charge in [-0.3, -0.25) is 0 Å². The first-order chi connectivity index (χ1) is 9.69. The van der Waals surface area contributed by atoms with Crippen LogP contribution in [0.25, 0.3) is 0 Å². The van der Waals surface area contributed by atoms with Crippen LogP contribution in [0.5, 0.6) is 5.75 Å². The van der Waals surface area contributed by atoms with E-state index in [1.807, 2.05) is 37.4 Å². The number of ether oxygens (including phenoxy) is 1. The van der Waals surface area contributed by atoms with Crippen LogP contribution in [0.15, 0.2) is 48.5 Å². The minimum atomic E-state index is -0.230. The maximum atomic E-state index is 13.5. The van der Waals surface area contributed by atoms with Crippen molar-refractivity contribution in [2.75, 3.05) is 7.05 Å². The Bertz CT molecular complexity index is 539. The maximum absolute atomic E-state index is 13.5. The van der Waals surface area contributed by atoms with Crippen LogP contribution in [0.1, 0.15) is 18.1 Å². The Kier molecular flexibility index (Phi) is 5.13. The molecule has 0 saturated carbocycles. The van der Waals surface area contributed by atoms with E-state index in [0.717, 1.165) is 12.2 Å². The Morgan fingerprint density at radius 2 is 1.80 bits per heavy atom. The molecule has 0 amide bonds. The molecule has 0 fully saturated rings. The molecule has 2 aromatic carbocycles. The Hall–Kier alpha value is -1.87. The van der Waals surface area contributed by atoms with Gasteiger partial charge in [0.15, 0.2) is 0 Å². The molecule has 3 heteroatoms. The summed E-state index contributed by atoms with van der Waals surface area (Å²) in [5, 5.41) is 3.21. The van der Waals surface area contributed by atoms with Crippen LogP contribution >= 0.6 is 0 Å². The first-order valence-electron chi connectivity index (χ1n) is 6.81. The van der Waals surface area contributed by atoms with Gasteiger partial charge in [-0.25, -0.2) is 4.39 Å². The summed E-state index contributed by atoms with van der Waals surface area (Å²) in [5.41, 5.74) is 1.82. The Morgan fingerprint density at radius 1 is 1.10 bits per heavy atom. The van der Waals surface area contributed by atoms with Crippen molar-refractivity contribution in [3.05, 3.63) is 65.5 Å². The topological polar surface area (TPSA) is 21.3 Å². The van der Waals surface area contributed by atoms with Crippen LogP contribution in [0, 0.1) is 5.82 Å². The van der Waals surface area contributed by atoms with E-state index in [0.29, 0.717) is 11.6 Å². The highest BCUT2D eigenvalue weighted by Gasteiger charge is 2.03. The lowest BCUT2D eigenvalue weighted by Gasteiger charge is -2.11. The summed E-state index contributed by atoms with van der Waals surface area (Å²) in [6, 6.07) is 15.1. The van der Waals surface area contributed by atoms with Crippen LogP contribution in [-0.2, 0) is 13.0 Å². The molecule has 2 aromatic rings. The fourth-order valence-electron chi connectivity index (χ4n) is 1.95. The highest BCUT2D eigenvalue weighted by atomic mass is 19.1. The second kappa shape index (κ2) is 7.06. The van der Waals surface area contributed by atoms with Gasteiger partial charge in [0.25, 0.3) is 0 Å². The van der Waals surface area contributed by atoms with Crippen molar-refractivity contribution in [1.29, 1.82) is 0 Å². The summed E-state index contributed by atoms with van der Waals surface area (Å²) in [6.07, 6.45) is 0.976. The molecular formula is C17H20FNO. The molecule has 0 saturated heterocycles. The fraction of sp³-hybridized carbons (Fsp3) is 0.294. The van der Waals surface area contributed by atoms with Crippen LogP contribution in [0.3, 0.4) is 0 Å². The normalized spacial score (nSPS) is 12.2. The Balaban J connectivity index is 1.92. The number of rotatable bonds is 6. The van der Waals surface area contributed by atoms with Crippen molar-refractivity contribution in [3.63, 3.8) is 0 Å². The second-order valence-electron chi connectivity index (χ2n) is 4.92. The van der Waals surface area contributed by atoms with Gasteiger partial charge in [-0.1, -0.05) is 30.3 Å². The van der Waals surface area contributed by atoms with E-state index in [1.54, 1.807) is 12.1 Å². The molecule has 1 unspecified atom stereocenters. The van der Waals surface area contributed by atoms with Gasteiger partial charge in [-0.15, -0.1) is 0 Å². The zero-order valence-electron chi connectivity index (χ0n) is 11.9. The van der Waals surface area contributed by atoms with E-state index in [-0.39, 0.29) is 12.4 Å². The third kappa shape index (κ3) is 4.07. The minimum Gasteiger partial charge on any atom is -0.489 e. The van der Waals surface area contributed by atoms with Gasteiger partial charge >= 0.3 is 0 Å². The second-order valence-corrected chi connectivity index (χ2v) is 4.92. The predicted molar refractivity (Wildman–Crippen MR) is 79.4 cm³/mol. The van der Waals surface area contributed by atoms with E-state index in [2.05, 4.69) is 12.2 Å². The Labute approximate surface area is 119 Å². The van der Waals surface area contributed by atoms with Crippen LogP contribution in [0.2, 0.25) is 0 Å². The van der Waals surface area contributed by atoms with Crippen molar-refractivity contribution in [1.82, 2.24) is 5.32 Å².